The molecule has 0 rings (SSSR count). The van der Waals surface area contributed by atoms with Gasteiger partial charge in [0.1, 0.15) is 5.57 Å². The van der Waals surface area contributed by atoms with E-state index in [-0.39, 0.29) is 0 Å². The summed E-state index contributed by atoms with van der Waals surface area (Å²) in [5.41, 5.74) is -2.50. The first-order valence-electron chi connectivity index (χ1n) is 2.60. The first-order chi connectivity index (χ1) is 5.25. The van der Waals surface area contributed by atoms with Crippen molar-refractivity contribution in [2.45, 2.75) is 19.0 Å². The lowest BCUT2D eigenvalue weighted by atomic mass is 10.2. The van der Waals surface area contributed by atoms with Crippen LogP contribution in [-0.4, -0.2) is 19.0 Å². The Morgan fingerprint density at radius 1 is 1.00 bits per heavy atom. The second kappa shape index (κ2) is 3.77. The summed E-state index contributed by atoms with van der Waals surface area (Å²) in [4.78, 5) is 0. The van der Waals surface area contributed by atoms with Gasteiger partial charge >= 0.3 is 6.18 Å². The van der Waals surface area contributed by atoms with Crippen LogP contribution in [0.2, 0.25) is 0 Å². The lowest BCUT2D eigenvalue weighted by Gasteiger charge is -2.09. The summed E-state index contributed by atoms with van der Waals surface area (Å²) in [5.74, 6) is 0. The molecule has 7 heteroatoms. The van der Waals surface area contributed by atoms with E-state index < -0.39 is 30.7 Å². The molecular formula is C5H3F7. The molecule has 0 atom stereocenters. The van der Waals surface area contributed by atoms with Crippen LogP contribution in [0.5, 0.6) is 0 Å². The molecular weight excluding hydrogens is 193 g/mol. The SMILES string of the molecule is FC(F)C=C(C(F)F)C(F)(F)F. The van der Waals surface area contributed by atoms with E-state index in [1.165, 1.54) is 0 Å². The van der Waals surface area contributed by atoms with Crippen molar-refractivity contribution in [2.75, 3.05) is 0 Å². The summed E-state index contributed by atoms with van der Waals surface area (Å²) >= 11 is 0. The van der Waals surface area contributed by atoms with Crippen molar-refractivity contribution < 1.29 is 30.7 Å². The Hall–Kier alpha value is -0.750. The third kappa shape index (κ3) is 3.59. The molecule has 0 fully saturated rings. The normalized spacial score (nSPS) is 14.6. The van der Waals surface area contributed by atoms with Crippen LogP contribution < -0.4 is 0 Å². The molecule has 0 saturated carbocycles. The average molecular weight is 196 g/mol. The minimum Gasteiger partial charge on any atom is -0.206 e. The molecule has 0 bridgehead atoms. The largest absolute Gasteiger partial charge is 0.418 e. The Bertz CT molecular complexity index is 165. The van der Waals surface area contributed by atoms with Crippen LogP contribution in [0, 0.1) is 0 Å². The quantitative estimate of drug-likeness (QED) is 0.470. The van der Waals surface area contributed by atoms with E-state index in [0.29, 0.717) is 0 Å². The number of hydrogen-bond acceptors (Lipinski definition) is 0. The van der Waals surface area contributed by atoms with Crippen LogP contribution in [0.25, 0.3) is 0 Å². The van der Waals surface area contributed by atoms with Crippen LogP contribution in [0.1, 0.15) is 0 Å². The van der Waals surface area contributed by atoms with Crippen molar-refractivity contribution in [2.24, 2.45) is 0 Å². The third-order valence-electron chi connectivity index (χ3n) is 0.868. The second-order valence-corrected chi connectivity index (χ2v) is 1.75. The van der Waals surface area contributed by atoms with Crippen LogP contribution in [-0.2, 0) is 0 Å². The molecule has 72 valence electrons. The molecule has 0 aliphatic carbocycles. The molecule has 0 nitrogen and oxygen atoms in total. The highest BCUT2D eigenvalue weighted by molar-refractivity contribution is 5.12. The molecule has 0 heterocycles. The molecule has 0 unspecified atom stereocenters. The first-order valence-corrected chi connectivity index (χ1v) is 2.60. The van der Waals surface area contributed by atoms with Gasteiger partial charge in [0.05, 0.1) is 0 Å². The molecule has 0 aliphatic heterocycles. The Morgan fingerprint density at radius 3 is 1.50 bits per heavy atom. The van der Waals surface area contributed by atoms with Crippen LogP contribution in [0.3, 0.4) is 0 Å². The Morgan fingerprint density at radius 2 is 1.42 bits per heavy atom. The van der Waals surface area contributed by atoms with E-state index in [4.69, 9.17) is 0 Å². The lowest BCUT2D eigenvalue weighted by Crippen LogP contribution is -2.19. The molecule has 0 spiro atoms. The zero-order chi connectivity index (χ0) is 9.94. The number of rotatable bonds is 2. The standard InChI is InChI=1S/C5H3F7/c6-3(7)1-2(4(8)9)5(10,11)12/h1,3-4H. The Balaban J connectivity index is 4.68. The summed E-state index contributed by atoms with van der Waals surface area (Å²) < 4.78 is 79.7. The number of alkyl halides is 7. The minimum absolute atomic E-state index is 0.801. The number of allylic oxidation sites excluding steroid dienone is 2. The molecule has 0 N–H and O–H groups in total. The molecule has 0 aromatic heterocycles. The van der Waals surface area contributed by atoms with Gasteiger partial charge in [0.15, 0.2) is 0 Å². The summed E-state index contributed by atoms with van der Waals surface area (Å²) in [6.07, 6.45) is -13.7. The third-order valence-corrected chi connectivity index (χ3v) is 0.868. The predicted octanol–water partition coefficient (Wildman–Crippen LogP) is 3.01. The van der Waals surface area contributed by atoms with Crippen molar-refractivity contribution in [3.63, 3.8) is 0 Å². The molecule has 0 aromatic rings. The van der Waals surface area contributed by atoms with Crippen LogP contribution >= 0.6 is 0 Å². The van der Waals surface area contributed by atoms with Gasteiger partial charge in [0.25, 0.3) is 12.9 Å². The lowest BCUT2D eigenvalue weighted by molar-refractivity contribution is -0.110. The van der Waals surface area contributed by atoms with E-state index in [2.05, 4.69) is 0 Å². The smallest absolute Gasteiger partial charge is 0.206 e. The fraction of sp³-hybridized carbons (Fsp3) is 0.600. The van der Waals surface area contributed by atoms with Gasteiger partial charge in [-0.15, -0.1) is 0 Å². The summed E-state index contributed by atoms with van der Waals surface area (Å²) in [5, 5.41) is 0. The van der Waals surface area contributed by atoms with Crippen LogP contribution in [0.15, 0.2) is 11.6 Å². The average Bonchev–Trinajstić information content (AvgIpc) is 1.79. The van der Waals surface area contributed by atoms with E-state index >= 15 is 0 Å². The molecule has 0 amide bonds. The van der Waals surface area contributed by atoms with E-state index in [1.807, 2.05) is 0 Å². The maximum Gasteiger partial charge on any atom is 0.418 e. The van der Waals surface area contributed by atoms with Gasteiger partial charge in [-0.1, -0.05) is 0 Å². The molecule has 12 heavy (non-hydrogen) atoms. The van der Waals surface area contributed by atoms with E-state index in [0.717, 1.165) is 0 Å². The molecule has 0 aromatic carbocycles. The molecule has 0 aliphatic rings. The Kier molecular flexibility index (Phi) is 3.54. The zero-order valence-electron chi connectivity index (χ0n) is 5.38. The van der Waals surface area contributed by atoms with E-state index in [9.17, 15) is 30.7 Å². The monoisotopic (exact) mass is 196 g/mol. The maximum atomic E-state index is 11.4. The van der Waals surface area contributed by atoms with Gasteiger partial charge in [-0.25, -0.2) is 17.6 Å². The van der Waals surface area contributed by atoms with Gasteiger partial charge in [-0.2, -0.15) is 13.2 Å². The summed E-state index contributed by atoms with van der Waals surface area (Å²) in [6.45, 7) is 0. The summed E-state index contributed by atoms with van der Waals surface area (Å²) in [6, 6.07) is 0. The minimum atomic E-state index is -5.40. The zero-order valence-corrected chi connectivity index (χ0v) is 5.38. The molecule has 0 saturated heterocycles. The highest BCUT2D eigenvalue weighted by atomic mass is 19.4. The van der Waals surface area contributed by atoms with Crippen molar-refractivity contribution in [3.05, 3.63) is 11.6 Å². The predicted molar refractivity (Wildman–Crippen MR) is 26.1 cm³/mol. The fourth-order valence-corrected chi connectivity index (χ4v) is 0.427. The number of hydrogen-bond donors (Lipinski definition) is 0. The van der Waals surface area contributed by atoms with Crippen molar-refractivity contribution in [3.8, 4) is 0 Å². The van der Waals surface area contributed by atoms with Crippen molar-refractivity contribution in [1.29, 1.82) is 0 Å². The van der Waals surface area contributed by atoms with E-state index in [1.54, 1.807) is 0 Å². The summed E-state index contributed by atoms with van der Waals surface area (Å²) in [7, 11) is 0. The fourth-order valence-electron chi connectivity index (χ4n) is 0.427. The van der Waals surface area contributed by atoms with Crippen molar-refractivity contribution in [1.82, 2.24) is 0 Å². The molecule has 0 radical (unpaired) electrons. The van der Waals surface area contributed by atoms with Crippen LogP contribution in [0.4, 0.5) is 30.7 Å². The first kappa shape index (κ1) is 11.2. The number of halogens is 7. The topological polar surface area (TPSA) is 0 Å². The highest BCUT2D eigenvalue weighted by Gasteiger charge is 2.40. The second-order valence-electron chi connectivity index (χ2n) is 1.75. The van der Waals surface area contributed by atoms with Gasteiger partial charge < -0.3 is 0 Å². The maximum absolute atomic E-state index is 11.4. The van der Waals surface area contributed by atoms with Gasteiger partial charge in [0.2, 0.25) is 0 Å². The van der Waals surface area contributed by atoms with Crippen molar-refractivity contribution >= 4 is 0 Å². The van der Waals surface area contributed by atoms with Gasteiger partial charge in [-0.3, -0.25) is 0 Å². The Labute approximate surface area is 62.7 Å². The highest BCUT2D eigenvalue weighted by Crippen LogP contribution is 2.30. The van der Waals surface area contributed by atoms with Gasteiger partial charge in [-0.05, 0) is 6.08 Å². The van der Waals surface area contributed by atoms with Gasteiger partial charge in [0, 0.05) is 0 Å².